The molecule has 3 aliphatic rings. The SMILES string of the molecule is O=c1cc2oc(-c3ccccc3)c3c(O)c-2c(O)c1O3. The summed E-state index contributed by atoms with van der Waals surface area (Å²) in [5.74, 6) is -0.316. The van der Waals surface area contributed by atoms with E-state index in [0.717, 1.165) is 0 Å². The lowest BCUT2D eigenvalue weighted by molar-refractivity contribution is 0.349. The number of phenols is 1. The molecule has 0 amide bonds. The van der Waals surface area contributed by atoms with E-state index < -0.39 is 5.43 Å². The predicted octanol–water partition coefficient (Wildman–Crippen LogP) is 2.93. The molecule has 5 heteroatoms. The summed E-state index contributed by atoms with van der Waals surface area (Å²) in [6, 6.07) is 10.3. The zero-order valence-corrected chi connectivity index (χ0v) is 10.1. The molecule has 2 aliphatic heterocycles. The highest BCUT2D eigenvalue weighted by molar-refractivity contribution is 5.86. The summed E-state index contributed by atoms with van der Waals surface area (Å²) in [5, 5.41) is 20.1. The van der Waals surface area contributed by atoms with Gasteiger partial charge in [0.25, 0.3) is 0 Å². The van der Waals surface area contributed by atoms with Gasteiger partial charge in [0.05, 0.1) is 0 Å². The van der Waals surface area contributed by atoms with Crippen LogP contribution < -0.4 is 10.2 Å². The first-order valence-electron chi connectivity index (χ1n) is 5.96. The van der Waals surface area contributed by atoms with E-state index in [-0.39, 0.29) is 34.3 Å². The summed E-state index contributed by atoms with van der Waals surface area (Å²) < 4.78 is 11.0. The maximum Gasteiger partial charge on any atom is 0.228 e. The highest BCUT2D eigenvalue weighted by atomic mass is 16.5. The van der Waals surface area contributed by atoms with Crippen LogP contribution in [0.25, 0.3) is 22.6 Å². The first-order valence-corrected chi connectivity index (χ1v) is 5.96. The summed E-state index contributed by atoms with van der Waals surface area (Å²) in [6.45, 7) is 0. The van der Waals surface area contributed by atoms with Gasteiger partial charge >= 0.3 is 0 Å². The van der Waals surface area contributed by atoms with Crippen molar-refractivity contribution < 1.29 is 19.4 Å². The largest absolute Gasteiger partial charge is 0.504 e. The Morgan fingerprint density at radius 2 is 1.65 bits per heavy atom. The number of fused-ring (bicyclic) bond motifs is 2. The van der Waals surface area contributed by atoms with Crippen molar-refractivity contribution in [2.75, 3.05) is 0 Å². The Morgan fingerprint density at radius 3 is 2.40 bits per heavy atom. The van der Waals surface area contributed by atoms with Gasteiger partial charge in [-0.05, 0) is 0 Å². The van der Waals surface area contributed by atoms with Crippen LogP contribution in [0, 0.1) is 0 Å². The first-order chi connectivity index (χ1) is 9.66. The lowest BCUT2D eigenvalue weighted by Gasteiger charge is -2.22. The quantitative estimate of drug-likeness (QED) is 0.554. The van der Waals surface area contributed by atoms with Crippen molar-refractivity contribution in [2.24, 2.45) is 0 Å². The van der Waals surface area contributed by atoms with E-state index in [1.165, 1.54) is 6.07 Å². The lowest BCUT2D eigenvalue weighted by atomic mass is 10.0. The van der Waals surface area contributed by atoms with Crippen LogP contribution in [0.15, 0.2) is 45.6 Å². The summed E-state index contributed by atoms with van der Waals surface area (Å²) >= 11 is 0. The van der Waals surface area contributed by atoms with Gasteiger partial charge in [0.1, 0.15) is 11.3 Å². The molecule has 0 fully saturated rings. The fourth-order valence-corrected chi connectivity index (χ4v) is 2.37. The Labute approximate surface area is 112 Å². The van der Waals surface area contributed by atoms with E-state index in [4.69, 9.17) is 9.15 Å². The Bertz CT molecular complexity index is 864. The summed E-state index contributed by atoms with van der Waals surface area (Å²) in [4.78, 5) is 11.7. The standard InChI is InChI=1S/C15H8O5/c16-8-6-9-10-11(17)14(8)20-15(12(10)18)13(19-9)7-4-2-1-3-5-7/h1-6,17-18H. The molecule has 0 aromatic heterocycles. The van der Waals surface area contributed by atoms with Crippen molar-refractivity contribution in [3.63, 3.8) is 0 Å². The molecule has 20 heavy (non-hydrogen) atoms. The second kappa shape index (κ2) is 3.54. The van der Waals surface area contributed by atoms with Gasteiger partial charge in [-0.25, -0.2) is 0 Å². The molecule has 98 valence electrons. The average molecular weight is 268 g/mol. The van der Waals surface area contributed by atoms with Gasteiger partial charge in [-0.3, -0.25) is 4.79 Å². The van der Waals surface area contributed by atoms with Gasteiger partial charge in [-0.15, -0.1) is 0 Å². The smallest absolute Gasteiger partial charge is 0.228 e. The Balaban J connectivity index is 2.15. The van der Waals surface area contributed by atoms with Crippen LogP contribution >= 0.6 is 0 Å². The number of hydrogen-bond acceptors (Lipinski definition) is 5. The van der Waals surface area contributed by atoms with E-state index in [9.17, 15) is 15.0 Å². The van der Waals surface area contributed by atoms with Crippen molar-refractivity contribution >= 4 is 0 Å². The van der Waals surface area contributed by atoms with Crippen molar-refractivity contribution in [1.82, 2.24) is 0 Å². The van der Waals surface area contributed by atoms with E-state index >= 15 is 0 Å². The highest BCUT2D eigenvalue weighted by Gasteiger charge is 2.34. The number of phenolic OH excluding ortho intramolecular Hbond substituents is 1. The number of rotatable bonds is 1. The number of aromatic hydroxyl groups is 2. The summed E-state index contributed by atoms with van der Waals surface area (Å²) in [7, 11) is 0. The molecule has 0 atom stereocenters. The molecule has 0 unspecified atom stereocenters. The third kappa shape index (κ3) is 1.23. The normalized spacial score (nSPS) is 12.0. The van der Waals surface area contributed by atoms with Crippen LogP contribution in [-0.4, -0.2) is 10.2 Å². The average Bonchev–Trinajstić information content (AvgIpc) is 2.43. The molecule has 0 radical (unpaired) electrons. The van der Waals surface area contributed by atoms with Crippen LogP contribution in [0.4, 0.5) is 0 Å². The van der Waals surface area contributed by atoms with Crippen LogP contribution in [0.5, 0.6) is 23.0 Å². The third-order valence-electron chi connectivity index (χ3n) is 3.29. The second-order valence-electron chi connectivity index (χ2n) is 4.50. The molecule has 2 N–H and O–H groups in total. The first kappa shape index (κ1) is 10.9. The van der Waals surface area contributed by atoms with E-state index in [1.54, 1.807) is 12.1 Å². The van der Waals surface area contributed by atoms with Crippen molar-refractivity contribution in [3.8, 4) is 45.6 Å². The molecule has 5 nitrogen and oxygen atoms in total. The predicted molar refractivity (Wildman–Crippen MR) is 70.4 cm³/mol. The maximum absolute atomic E-state index is 11.7. The third-order valence-corrected chi connectivity index (χ3v) is 3.29. The summed E-state index contributed by atoms with van der Waals surface area (Å²) in [6.07, 6.45) is 0. The topological polar surface area (TPSA) is 79.9 Å². The molecule has 0 saturated carbocycles. The molecule has 2 heterocycles. The number of hydrogen-bond donors (Lipinski definition) is 2. The summed E-state index contributed by atoms with van der Waals surface area (Å²) in [5.41, 5.74) is 0.313. The van der Waals surface area contributed by atoms with Crippen LogP contribution in [-0.2, 0) is 0 Å². The molecular formula is C15H8O5. The maximum atomic E-state index is 11.7. The van der Waals surface area contributed by atoms with Gasteiger partial charge in [-0.2, -0.15) is 0 Å². The van der Waals surface area contributed by atoms with Gasteiger partial charge in [0.15, 0.2) is 17.3 Å². The molecule has 3 bridgehead atoms. The Morgan fingerprint density at radius 1 is 0.950 bits per heavy atom. The van der Waals surface area contributed by atoms with Crippen LogP contribution in [0.2, 0.25) is 0 Å². The second-order valence-corrected chi connectivity index (χ2v) is 4.50. The Hall–Kier alpha value is -2.95. The van der Waals surface area contributed by atoms with Crippen molar-refractivity contribution in [2.45, 2.75) is 0 Å². The van der Waals surface area contributed by atoms with Gasteiger partial charge in [-0.1, -0.05) is 30.3 Å². The Kier molecular flexibility index (Phi) is 1.93. The fraction of sp³-hybridized carbons (Fsp3) is 0. The lowest BCUT2D eigenvalue weighted by Crippen LogP contribution is -2.11. The van der Waals surface area contributed by atoms with Crippen LogP contribution in [0.3, 0.4) is 0 Å². The van der Waals surface area contributed by atoms with Gasteiger partial charge in [0.2, 0.25) is 16.9 Å². The minimum atomic E-state index is -0.488. The zero-order valence-electron chi connectivity index (χ0n) is 10.1. The minimum absolute atomic E-state index is 0.0456. The highest BCUT2D eigenvalue weighted by Crippen LogP contribution is 2.56. The van der Waals surface area contributed by atoms with Gasteiger partial charge < -0.3 is 19.4 Å². The molecule has 1 aromatic rings. The fourth-order valence-electron chi connectivity index (χ4n) is 2.37. The number of benzene rings is 2. The molecule has 4 rings (SSSR count). The monoisotopic (exact) mass is 268 g/mol. The van der Waals surface area contributed by atoms with E-state index in [2.05, 4.69) is 0 Å². The van der Waals surface area contributed by atoms with E-state index in [0.29, 0.717) is 11.3 Å². The van der Waals surface area contributed by atoms with Crippen molar-refractivity contribution in [1.29, 1.82) is 0 Å². The molecular weight excluding hydrogens is 260 g/mol. The van der Waals surface area contributed by atoms with E-state index in [1.807, 2.05) is 18.2 Å². The molecule has 1 aliphatic carbocycles. The van der Waals surface area contributed by atoms with Crippen molar-refractivity contribution in [3.05, 3.63) is 46.6 Å². The molecule has 0 spiro atoms. The molecule has 1 aromatic carbocycles. The number of ether oxygens (including phenoxy) is 1. The van der Waals surface area contributed by atoms with Gasteiger partial charge in [0, 0.05) is 11.6 Å². The zero-order chi connectivity index (χ0) is 13.9. The molecule has 0 saturated heterocycles. The van der Waals surface area contributed by atoms with Crippen LogP contribution in [0.1, 0.15) is 0 Å². The minimum Gasteiger partial charge on any atom is -0.504 e.